The Hall–Kier alpha value is -2.15. The minimum Gasteiger partial charge on any atom is -0.497 e. The summed E-state index contributed by atoms with van der Waals surface area (Å²) in [7, 11) is 1.67. The molecule has 7 heteroatoms. The number of hydrogen-bond acceptors (Lipinski definition) is 6. The third-order valence-electron chi connectivity index (χ3n) is 5.02. The molecule has 1 N–H and O–H groups in total. The monoisotopic (exact) mass is 388 g/mol. The van der Waals surface area contributed by atoms with E-state index < -0.39 is 0 Å². The van der Waals surface area contributed by atoms with Crippen molar-refractivity contribution in [2.45, 2.75) is 45.6 Å². The predicted molar refractivity (Wildman–Crippen MR) is 109 cm³/mol. The second-order valence-corrected chi connectivity index (χ2v) is 7.85. The maximum absolute atomic E-state index is 12.5. The standard InChI is InChI=1S/C20H28N4O2S/c1-4-14(2)21-19(25)16-8-6-10-24(13-16)20-22-18(23-27-20)12-15-7-5-9-17(11-15)26-3/h5,7,9,11,14,16H,4,6,8,10,12-13H2,1-3H3,(H,21,25)/t14-,16-/m1/s1. The van der Waals surface area contributed by atoms with Gasteiger partial charge in [0.15, 0.2) is 0 Å². The molecule has 2 heterocycles. The molecule has 1 saturated heterocycles. The highest BCUT2D eigenvalue weighted by Gasteiger charge is 2.28. The lowest BCUT2D eigenvalue weighted by Gasteiger charge is -2.32. The summed E-state index contributed by atoms with van der Waals surface area (Å²) in [6, 6.07) is 8.20. The van der Waals surface area contributed by atoms with Crippen molar-refractivity contribution >= 4 is 22.6 Å². The highest BCUT2D eigenvalue weighted by Crippen LogP contribution is 2.26. The van der Waals surface area contributed by atoms with Crippen LogP contribution in [0.1, 0.15) is 44.5 Å². The number of ether oxygens (including phenoxy) is 1. The van der Waals surface area contributed by atoms with Gasteiger partial charge in [-0.1, -0.05) is 19.1 Å². The summed E-state index contributed by atoms with van der Waals surface area (Å²) in [6.07, 6.45) is 3.57. The molecular formula is C20H28N4O2S. The van der Waals surface area contributed by atoms with Gasteiger partial charge >= 0.3 is 0 Å². The van der Waals surface area contributed by atoms with Crippen LogP contribution in [0.15, 0.2) is 24.3 Å². The Morgan fingerprint density at radius 3 is 3.11 bits per heavy atom. The second kappa shape index (κ2) is 9.17. The lowest BCUT2D eigenvalue weighted by Crippen LogP contribution is -2.45. The maximum atomic E-state index is 12.5. The Kier molecular flexibility index (Phi) is 6.66. The van der Waals surface area contributed by atoms with E-state index in [1.165, 1.54) is 11.5 Å². The molecule has 1 amide bonds. The number of piperidine rings is 1. The zero-order valence-electron chi connectivity index (χ0n) is 16.3. The summed E-state index contributed by atoms with van der Waals surface area (Å²) < 4.78 is 9.80. The van der Waals surface area contributed by atoms with Crippen molar-refractivity contribution in [1.29, 1.82) is 0 Å². The Bertz CT molecular complexity index is 764. The zero-order valence-corrected chi connectivity index (χ0v) is 17.1. The van der Waals surface area contributed by atoms with Crippen LogP contribution in [-0.2, 0) is 11.2 Å². The molecule has 0 radical (unpaired) electrons. The van der Waals surface area contributed by atoms with Crippen molar-refractivity contribution in [3.63, 3.8) is 0 Å². The number of hydrogen-bond donors (Lipinski definition) is 1. The zero-order chi connectivity index (χ0) is 19.2. The van der Waals surface area contributed by atoms with Crippen LogP contribution >= 0.6 is 11.5 Å². The van der Waals surface area contributed by atoms with E-state index in [0.29, 0.717) is 6.42 Å². The quantitative estimate of drug-likeness (QED) is 0.788. The number of anilines is 1. The third kappa shape index (κ3) is 5.19. The molecule has 0 unspecified atom stereocenters. The first-order valence-corrected chi connectivity index (χ1v) is 10.4. The molecule has 2 atom stereocenters. The first-order valence-electron chi connectivity index (χ1n) is 9.60. The molecule has 2 aromatic rings. The number of amides is 1. The smallest absolute Gasteiger partial charge is 0.225 e. The molecule has 1 fully saturated rings. The van der Waals surface area contributed by atoms with Crippen LogP contribution in [0.2, 0.25) is 0 Å². The molecule has 1 aliphatic rings. The first-order chi connectivity index (χ1) is 13.1. The molecule has 0 spiro atoms. The van der Waals surface area contributed by atoms with E-state index in [1.807, 2.05) is 25.1 Å². The number of carbonyl (C=O) groups is 1. The van der Waals surface area contributed by atoms with Gasteiger partial charge in [-0.25, -0.2) is 4.98 Å². The second-order valence-electron chi connectivity index (χ2n) is 7.12. The fourth-order valence-electron chi connectivity index (χ4n) is 3.24. The molecule has 3 rings (SSSR count). The van der Waals surface area contributed by atoms with Crippen molar-refractivity contribution in [3.05, 3.63) is 35.7 Å². The van der Waals surface area contributed by atoms with Gasteiger partial charge in [-0.3, -0.25) is 4.79 Å². The summed E-state index contributed by atoms with van der Waals surface area (Å²) in [5.74, 6) is 1.84. The SMILES string of the molecule is CC[C@@H](C)NC(=O)[C@@H]1CCCN(c2nc(Cc3cccc(OC)c3)ns2)C1. The van der Waals surface area contributed by atoms with Gasteiger partial charge in [-0.05, 0) is 43.9 Å². The van der Waals surface area contributed by atoms with Crippen molar-refractivity contribution in [2.24, 2.45) is 5.92 Å². The number of nitrogens with one attached hydrogen (secondary N) is 1. The van der Waals surface area contributed by atoms with Crippen molar-refractivity contribution < 1.29 is 9.53 Å². The van der Waals surface area contributed by atoms with E-state index in [-0.39, 0.29) is 17.9 Å². The molecule has 0 saturated carbocycles. The minimum atomic E-state index is 0.0264. The fraction of sp³-hybridized carbons (Fsp3) is 0.550. The number of aromatic nitrogens is 2. The largest absolute Gasteiger partial charge is 0.497 e. The van der Waals surface area contributed by atoms with E-state index in [0.717, 1.165) is 54.6 Å². The normalized spacial score (nSPS) is 18.2. The summed E-state index contributed by atoms with van der Waals surface area (Å²) in [4.78, 5) is 19.4. The Morgan fingerprint density at radius 1 is 1.48 bits per heavy atom. The van der Waals surface area contributed by atoms with Crippen LogP contribution in [0.3, 0.4) is 0 Å². The topological polar surface area (TPSA) is 67.4 Å². The van der Waals surface area contributed by atoms with Crippen LogP contribution in [0.25, 0.3) is 0 Å². The minimum absolute atomic E-state index is 0.0264. The number of benzene rings is 1. The first kappa shape index (κ1) is 19.6. The van der Waals surface area contributed by atoms with Gasteiger partial charge in [0.1, 0.15) is 11.6 Å². The van der Waals surface area contributed by atoms with Crippen LogP contribution in [-0.4, -0.2) is 41.5 Å². The molecule has 27 heavy (non-hydrogen) atoms. The summed E-state index contributed by atoms with van der Waals surface area (Å²) in [6.45, 7) is 5.79. The Balaban J connectivity index is 1.62. The van der Waals surface area contributed by atoms with Gasteiger partial charge in [0.05, 0.1) is 13.0 Å². The average Bonchev–Trinajstić information content (AvgIpc) is 3.16. The van der Waals surface area contributed by atoms with Crippen molar-refractivity contribution in [3.8, 4) is 5.75 Å². The Morgan fingerprint density at radius 2 is 2.33 bits per heavy atom. The maximum Gasteiger partial charge on any atom is 0.225 e. The summed E-state index contributed by atoms with van der Waals surface area (Å²) in [5.41, 5.74) is 1.13. The van der Waals surface area contributed by atoms with Gasteiger partial charge in [-0.15, -0.1) is 0 Å². The average molecular weight is 389 g/mol. The van der Waals surface area contributed by atoms with E-state index in [2.05, 4.69) is 27.6 Å². The Labute approximate surface area is 165 Å². The van der Waals surface area contributed by atoms with Gasteiger partial charge < -0.3 is 15.0 Å². The van der Waals surface area contributed by atoms with Gasteiger partial charge in [0.2, 0.25) is 11.0 Å². The molecule has 0 bridgehead atoms. The predicted octanol–water partition coefficient (Wildman–Crippen LogP) is 3.27. The molecule has 1 aromatic heterocycles. The van der Waals surface area contributed by atoms with Gasteiger partial charge in [0, 0.05) is 37.1 Å². The number of methoxy groups -OCH3 is 1. The molecule has 146 valence electrons. The highest BCUT2D eigenvalue weighted by atomic mass is 32.1. The molecule has 0 aliphatic carbocycles. The number of carbonyl (C=O) groups excluding carboxylic acids is 1. The van der Waals surface area contributed by atoms with E-state index in [9.17, 15) is 4.79 Å². The molecule has 6 nitrogen and oxygen atoms in total. The fourth-order valence-corrected chi connectivity index (χ4v) is 3.96. The highest BCUT2D eigenvalue weighted by molar-refractivity contribution is 7.09. The van der Waals surface area contributed by atoms with Crippen molar-refractivity contribution in [2.75, 3.05) is 25.1 Å². The van der Waals surface area contributed by atoms with Gasteiger partial charge in [0.25, 0.3) is 0 Å². The van der Waals surface area contributed by atoms with Crippen LogP contribution in [0.4, 0.5) is 5.13 Å². The lowest BCUT2D eigenvalue weighted by molar-refractivity contribution is -0.125. The van der Waals surface area contributed by atoms with Crippen LogP contribution in [0.5, 0.6) is 5.75 Å². The summed E-state index contributed by atoms with van der Waals surface area (Å²) >= 11 is 1.42. The van der Waals surface area contributed by atoms with E-state index in [1.54, 1.807) is 7.11 Å². The van der Waals surface area contributed by atoms with E-state index >= 15 is 0 Å². The van der Waals surface area contributed by atoms with Crippen LogP contribution < -0.4 is 15.0 Å². The lowest BCUT2D eigenvalue weighted by atomic mass is 9.97. The molecule has 1 aromatic carbocycles. The van der Waals surface area contributed by atoms with E-state index in [4.69, 9.17) is 9.72 Å². The number of rotatable bonds is 7. The summed E-state index contributed by atoms with van der Waals surface area (Å²) in [5, 5.41) is 4.02. The van der Waals surface area contributed by atoms with Crippen molar-refractivity contribution in [1.82, 2.24) is 14.7 Å². The van der Waals surface area contributed by atoms with Crippen LogP contribution in [0, 0.1) is 5.92 Å². The third-order valence-corrected chi connectivity index (χ3v) is 5.83. The molecule has 1 aliphatic heterocycles. The molecular weight excluding hydrogens is 360 g/mol. The number of nitrogens with zero attached hydrogens (tertiary/aromatic N) is 3. The van der Waals surface area contributed by atoms with Gasteiger partial charge in [-0.2, -0.15) is 4.37 Å².